The van der Waals surface area contributed by atoms with Crippen LogP contribution in [0.3, 0.4) is 0 Å². The van der Waals surface area contributed by atoms with E-state index in [1.807, 2.05) is 32.0 Å². The highest BCUT2D eigenvalue weighted by atomic mass is 79.9. The number of thiophene rings is 1. The number of esters is 1. The molecular weight excluding hydrogens is 392 g/mol. The smallest absolute Gasteiger partial charge is 0.306 e. The highest BCUT2D eigenvalue weighted by Crippen LogP contribution is 2.22. The summed E-state index contributed by atoms with van der Waals surface area (Å²) in [5.41, 5.74) is 2.51. The summed E-state index contributed by atoms with van der Waals surface area (Å²) >= 11 is 4.56. The Balaban J connectivity index is 1.81. The molecule has 6 heteroatoms. The molecule has 0 saturated carbocycles. The van der Waals surface area contributed by atoms with E-state index in [0.29, 0.717) is 10.4 Å². The summed E-state index contributed by atoms with van der Waals surface area (Å²) in [7, 11) is 0. The van der Waals surface area contributed by atoms with Crippen LogP contribution in [0.1, 0.15) is 44.0 Å². The molecule has 0 unspecified atom stereocenters. The van der Waals surface area contributed by atoms with E-state index in [1.54, 1.807) is 12.1 Å². The number of halogens is 1. The second-order valence-electron chi connectivity index (χ2n) is 5.43. The van der Waals surface area contributed by atoms with E-state index in [1.165, 1.54) is 11.3 Å². The molecule has 24 heavy (non-hydrogen) atoms. The zero-order valence-corrected chi connectivity index (χ0v) is 15.8. The predicted molar refractivity (Wildman–Crippen MR) is 96.8 cm³/mol. The minimum atomic E-state index is -0.544. The fourth-order valence-electron chi connectivity index (χ4n) is 2.14. The van der Waals surface area contributed by atoms with Gasteiger partial charge in [0, 0.05) is 12.0 Å². The first-order valence-corrected chi connectivity index (χ1v) is 9.02. The SMILES string of the molecule is Cc1ccc(C)c(C(=O)CCC(=O)OCC(=O)c2ccc(Br)s2)c1. The molecule has 126 valence electrons. The molecule has 2 rings (SSSR count). The molecule has 0 aliphatic heterocycles. The highest BCUT2D eigenvalue weighted by Gasteiger charge is 2.15. The van der Waals surface area contributed by atoms with E-state index in [9.17, 15) is 14.4 Å². The predicted octanol–water partition coefficient (Wildman–Crippen LogP) is 4.52. The zero-order chi connectivity index (χ0) is 17.7. The number of ketones is 2. The Morgan fingerprint density at radius 2 is 1.79 bits per heavy atom. The molecule has 0 amide bonds. The van der Waals surface area contributed by atoms with Gasteiger partial charge in [0.15, 0.2) is 12.4 Å². The van der Waals surface area contributed by atoms with E-state index in [-0.39, 0.29) is 31.0 Å². The third kappa shape index (κ3) is 5.11. The molecule has 1 aromatic heterocycles. The maximum Gasteiger partial charge on any atom is 0.306 e. The average Bonchev–Trinajstić information content (AvgIpc) is 2.99. The van der Waals surface area contributed by atoms with Crippen molar-refractivity contribution in [3.63, 3.8) is 0 Å². The summed E-state index contributed by atoms with van der Waals surface area (Å²) in [6.45, 7) is 3.48. The Kier molecular flexibility index (Phi) is 6.45. The minimum Gasteiger partial charge on any atom is -0.457 e. The first-order chi connectivity index (χ1) is 11.4. The Morgan fingerprint density at radius 3 is 2.46 bits per heavy atom. The van der Waals surface area contributed by atoms with Gasteiger partial charge in [-0.25, -0.2) is 0 Å². The van der Waals surface area contributed by atoms with Crippen molar-refractivity contribution in [1.82, 2.24) is 0 Å². The number of benzene rings is 1. The van der Waals surface area contributed by atoms with Crippen LogP contribution in [-0.2, 0) is 9.53 Å². The molecule has 2 aromatic rings. The van der Waals surface area contributed by atoms with Crippen LogP contribution in [0.2, 0.25) is 0 Å². The zero-order valence-electron chi connectivity index (χ0n) is 13.4. The first-order valence-electron chi connectivity index (χ1n) is 7.41. The van der Waals surface area contributed by atoms with Gasteiger partial charge in [-0.05, 0) is 53.5 Å². The molecule has 0 atom stereocenters. The lowest BCUT2D eigenvalue weighted by Gasteiger charge is -2.06. The number of carbonyl (C=O) groups is 3. The van der Waals surface area contributed by atoms with E-state index >= 15 is 0 Å². The summed E-state index contributed by atoms with van der Waals surface area (Å²) < 4.78 is 5.80. The van der Waals surface area contributed by atoms with Gasteiger partial charge in [-0.15, -0.1) is 11.3 Å². The van der Waals surface area contributed by atoms with Crippen LogP contribution in [-0.4, -0.2) is 24.1 Å². The summed E-state index contributed by atoms with van der Waals surface area (Å²) in [5, 5.41) is 0. The van der Waals surface area contributed by atoms with Crippen molar-refractivity contribution in [2.45, 2.75) is 26.7 Å². The van der Waals surface area contributed by atoms with Gasteiger partial charge >= 0.3 is 5.97 Å². The van der Waals surface area contributed by atoms with Crippen molar-refractivity contribution in [2.75, 3.05) is 6.61 Å². The number of rotatable bonds is 7. The second-order valence-corrected chi connectivity index (χ2v) is 7.89. The third-order valence-corrected chi connectivity index (χ3v) is 5.13. The number of aryl methyl sites for hydroxylation is 2. The van der Waals surface area contributed by atoms with Gasteiger partial charge in [0.2, 0.25) is 5.78 Å². The van der Waals surface area contributed by atoms with E-state index in [2.05, 4.69) is 15.9 Å². The van der Waals surface area contributed by atoms with Gasteiger partial charge in [0.1, 0.15) is 0 Å². The first kappa shape index (κ1) is 18.5. The molecule has 0 spiro atoms. The van der Waals surface area contributed by atoms with Gasteiger partial charge in [-0.1, -0.05) is 17.7 Å². The van der Waals surface area contributed by atoms with Crippen molar-refractivity contribution >= 4 is 44.8 Å². The maximum atomic E-state index is 12.2. The van der Waals surface area contributed by atoms with Crippen LogP contribution in [0.15, 0.2) is 34.1 Å². The number of carbonyl (C=O) groups excluding carboxylic acids is 3. The van der Waals surface area contributed by atoms with E-state index < -0.39 is 5.97 Å². The van der Waals surface area contributed by atoms with Gasteiger partial charge in [0.05, 0.1) is 15.1 Å². The van der Waals surface area contributed by atoms with Crippen LogP contribution in [0.5, 0.6) is 0 Å². The molecule has 4 nitrogen and oxygen atoms in total. The van der Waals surface area contributed by atoms with Crippen LogP contribution < -0.4 is 0 Å². The molecule has 1 aromatic carbocycles. The summed E-state index contributed by atoms with van der Waals surface area (Å²) in [5.74, 6) is -0.890. The lowest BCUT2D eigenvalue weighted by atomic mass is 9.99. The Morgan fingerprint density at radius 1 is 1.04 bits per heavy atom. The molecule has 0 aliphatic rings. The fourth-order valence-corrected chi connectivity index (χ4v) is 3.45. The van der Waals surface area contributed by atoms with Crippen LogP contribution in [0.4, 0.5) is 0 Å². The standard InChI is InChI=1S/C18H17BrO4S/c1-11-3-4-12(2)13(9-11)14(20)5-8-18(22)23-10-15(21)16-6-7-17(19)24-16/h3-4,6-7,9H,5,8,10H2,1-2H3. The normalized spacial score (nSPS) is 10.5. The third-order valence-electron chi connectivity index (χ3n) is 3.46. The molecule has 0 fully saturated rings. The lowest BCUT2D eigenvalue weighted by molar-refractivity contribution is -0.142. The van der Waals surface area contributed by atoms with Crippen molar-refractivity contribution in [3.8, 4) is 0 Å². The topological polar surface area (TPSA) is 60.4 Å². The Labute approximate surface area is 153 Å². The molecule has 0 radical (unpaired) electrons. The van der Waals surface area contributed by atoms with Gasteiger partial charge in [0.25, 0.3) is 0 Å². The maximum absolute atomic E-state index is 12.2. The summed E-state index contributed by atoms with van der Waals surface area (Å²) in [6.07, 6.45) is 0.0372. The number of Topliss-reactive ketones (excluding diaryl/α,β-unsaturated/α-hetero) is 2. The summed E-state index contributed by atoms with van der Waals surface area (Å²) in [6, 6.07) is 9.09. The van der Waals surface area contributed by atoms with Crippen LogP contribution in [0.25, 0.3) is 0 Å². The number of hydrogen-bond acceptors (Lipinski definition) is 5. The molecule has 1 heterocycles. The average molecular weight is 409 g/mol. The summed E-state index contributed by atoms with van der Waals surface area (Å²) in [4.78, 5) is 36.3. The lowest BCUT2D eigenvalue weighted by Crippen LogP contribution is -2.14. The van der Waals surface area contributed by atoms with Crippen molar-refractivity contribution in [1.29, 1.82) is 0 Å². The van der Waals surface area contributed by atoms with Gasteiger partial charge < -0.3 is 4.74 Å². The molecule has 0 N–H and O–H groups in total. The van der Waals surface area contributed by atoms with Crippen molar-refractivity contribution in [3.05, 3.63) is 55.7 Å². The Bertz CT molecular complexity index is 779. The van der Waals surface area contributed by atoms with Crippen molar-refractivity contribution in [2.24, 2.45) is 0 Å². The quantitative estimate of drug-likeness (QED) is 0.499. The molecular formula is C18H17BrO4S. The second kappa shape index (κ2) is 8.35. The van der Waals surface area contributed by atoms with Crippen LogP contribution >= 0.6 is 27.3 Å². The number of hydrogen-bond donors (Lipinski definition) is 0. The highest BCUT2D eigenvalue weighted by molar-refractivity contribution is 9.11. The van der Waals surface area contributed by atoms with Crippen molar-refractivity contribution < 1.29 is 19.1 Å². The largest absolute Gasteiger partial charge is 0.457 e. The molecule has 0 aliphatic carbocycles. The molecule has 0 bridgehead atoms. The van der Waals surface area contributed by atoms with Gasteiger partial charge in [-0.2, -0.15) is 0 Å². The van der Waals surface area contributed by atoms with E-state index in [4.69, 9.17) is 4.74 Å². The van der Waals surface area contributed by atoms with Gasteiger partial charge in [-0.3, -0.25) is 14.4 Å². The fraction of sp³-hybridized carbons (Fsp3) is 0.278. The molecule has 0 saturated heterocycles. The minimum absolute atomic E-state index is 0.0341. The van der Waals surface area contributed by atoms with Crippen LogP contribution in [0, 0.1) is 13.8 Å². The monoisotopic (exact) mass is 408 g/mol. The Hall–Kier alpha value is -1.79. The van der Waals surface area contributed by atoms with E-state index in [0.717, 1.165) is 14.9 Å². The number of ether oxygens (including phenoxy) is 1.